The van der Waals surface area contributed by atoms with E-state index in [2.05, 4.69) is 0 Å². The first-order valence-corrected chi connectivity index (χ1v) is 6.60. The molecular formula is C12H24N3Na3O9. The molecule has 0 aromatic heterocycles. The predicted octanol–water partition coefficient (Wildman–Crippen LogP) is -16.7. The number of rotatable bonds is 6. The van der Waals surface area contributed by atoms with Crippen LogP contribution in [0.4, 0.5) is 0 Å². The number of aliphatic hydroxyl groups excluding tert-OH is 3. The first-order valence-electron chi connectivity index (χ1n) is 6.60. The first-order chi connectivity index (χ1) is 10.7. The van der Waals surface area contributed by atoms with Crippen molar-refractivity contribution in [3.8, 4) is 0 Å². The van der Waals surface area contributed by atoms with Gasteiger partial charge >= 0.3 is 88.7 Å². The molecule has 27 heavy (non-hydrogen) atoms. The van der Waals surface area contributed by atoms with Crippen LogP contribution in [-0.2, 0) is 14.4 Å². The number of nitrogens with two attached hydrogens (primary N) is 3. The van der Waals surface area contributed by atoms with Crippen LogP contribution in [0.15, 0.2) is 0 Å². The number of hydrogen-bond acceptors (Lipinski definition) is 12. The third kappa shape index (κ3) is 27.2. The molecule has 0 aliphatic rings. The number of aliphatic carboxylic acids is 3. The number of carbonyl (C=O) groups is 3. The third-order valence-corrected chi connectivity index (χ3v) is 2.38. The summed E-state index contributed by atoms with van der Waals surface area (Å²) in [6.45, 7) is 3.88. The Kier molecular flexibility index (Phi) is 36.7. The van der Waals surface area contributed by atoms with E-state index in [1.54, 1.807) is 0 Å². The van der Waals surface area contributed by atoms with Crippen molar-refractivity contribution in [2.45, 2.75) is 57.2 Å². The van der Waals surface area contributed by atoms with E-state index in [-0.39, 0.29) is 88.7 Å². The molecule has 0 heterocycles. The molecule has 0 radical (unpaired) electrons. The van der Waals surface area contributed by atoms with Crippen LogP contribution in [0.2, 0.25) is 0 Å². The fraction of sp³-hybridized carbons (Fsp3) is 0.750. The van der Waals surface area contributed by atoms with Crippen LogP contribution in [0, 0.1) is 0 Å². The fourth-order valence-electron chi connectivity index (χ4n) is 0.591. The summed E-state index contributed by atoms with van der Waals surface area (Å²) in [5.41, 5.74) is 14.5. The summed E-state index contributed by atoms with van der Waals surface area (Å²) in [7, 11) is 0. The summed E-state index contributed by atoms with van der Waals surface area (Å²) >= 11 is 0. The number of carboxylic acid groups (broad SMARTS) is 3. The molecule has 0 fully saturated rings. The van der Waals surface area contributed by atoms with E-state index in [4.69, 9.17) is 32.5 Å². The average molecular weight is 423 g/mol. The van der Waals surface area contributed by atoms with Crippen molar-refractivity contribution in [3.05, 3.63) is 0 Å². The van der Waals surface area contributed by atoms with Gasteiger partial charge in [0.25, 0.3) is 0 Å². The number of aliphatic hydroxyl groups is 3. The second-order valence-electron chi connectivity index (χ2n) is 4.76. The van der Waals surface area contributed by atoms with Crippen molar-refractivity contribution in [2.24, 2.45) is 17.2 Å². The molecule has 0 aromatic carbocycles. The summed E-state index contributed by atoms with van der Waals surface area (Å²) in [4.78, 5) is 29.2. The van der Waals surface area contributed by atoms with Gasteiger partial charge in [0.05, 0.1) is 54.3 Å². The van der Waals surface area contributed by atoms with Gasteiger partial charge in [0.15, 0.2) is 0 Å². The molecular weight excluding hydrogens is 399 g/mol. The second-order valence-corrected chi connectivity index (χ2v) is 4.76. The molecule has 0 unspecified atom stereocenters. The minimum absolute atomic E-state index is 0. The Morgan fingerprint density at radius 3 is 0.704 bits per heavy atom. The minimum Gasteiger partial charge on any atom is -0.548 e. The Hall–Kier alpha value is 1.17. The molecule has 0 amide bonds. The second kappa shape index (κ2) is 23.4. The summed E-state index contributed by atoms with van der Waals surface area (Å²) in [5, 5.41) is 54.6. The molecule has 0 saturated heterocycles. The summed E-state index contributed by atoms with van der Waals surface area (Å²) in [6.07, 6.45) is -3.12. The van der Waals surface area contributed by atoms with Gasteiger partial charge in [-0.2, -0.15) is 0 Å². The summed E-state index contributed by atoms with van der Waals surface area (Å²) in [6, 6.07) is -3.81. The van der Waals surface area contributed by atoms with E-state index in [0.717, 1.165) is 0 Å². The van der Waals surface area contributed by atoms with Gasteiger partial charge in [0.2, 0.25) is 0 Å². The zero-order chi connectivity index (χ0) is 20.2. The fourth-order valence-corrected chi connectivity index (χ4v) is 0.591. The van der Waals surface area contributed by atoms with Crippen molar-refractivity contribution in [1.29, 1.82) is 0 Å². The molecule has 0 rings (SSSR count). The molecule has 0 aromatic rings. The molecule has 15 heteroatoms. The standard InChI is InChI=1S/3C4H9NO3.3Na/c3*1-2(6)3(5)4(7)8;;;/h3*2-3,6H,5H2,1H3,(H,7,8);;;/q;;;3*+1/p-3/t3*2-,3+;;;/m111.../s1. The van der Waals surface area contributed by atoms with E-state index in [9.17, 15) is 29.7 Å². The number of hydrogen-bond donors (Lipinski definition) is 6. The Morgan fingerprint density at radius 1 is 0.593 bits per heavy atom. The summed E-state index contributed by atoms with van der Waals surface area (Å²) in [5.74, 6) is -4.29. The summed E-state index contributed by atoms with van der Waals surface area (Å²) < 4.78 is 0. The Labute approximate surface area is 223 Å². The van der Waals surface area contributed by atoms with Crippen molar-refractivity contribution in [3.63, 3.8) is 0 Å². The third-order valence-electron chi connectivity index (χ3n) is 2.38. The van der Waals surface area contributed by atoms with Crippen LogP contribution >= 0.6 is 0 Å². The largest absolute Gasteiger partial charge is 1.00 e. The molecule has 0 aliphatic heterocycles. The van der Waals surface area contributed by atoms with Gasteiger partial charge in [0.1, 0.15) is 0 Å². The molecule has 9 N–H and O–H groups in total. The molecule has 144 valence electrons. The maximum Gasteiger partial charge on any atom is 1.00 e. The maximum absolute atomic E-state index is 9.74. The zero-order valence-electron chi connectivity index (χ0n) is 16.5. The van der Waals surface area contributed by atoms with E-state index >= 15 is 0 Å². The number of carbonyl (C=O) groups excluding carboxylic acids is 3. The smallest absolute Gasteiger partial charge is 0.548 e. The SMILES string of the molecule is C[C@@H](O)[C@H](N)C(=O)[O-].C[C@@H](O)[C@H](N)C(=O)[O-].C[C@@H](O)[C@H](N)C(=O)[O-].[Na+].[Na+].[Na+]. The minimum atomic E-state index is -1.43. The Balaban J connectivity index is -0.0000000580. The van der Waals surface area contributed by atoms with Crippen molar-refractivity contribution in [1.82, 2.24) is 0 Å². The Morgan fingerprint density at radius 2 is 0.704 bits per heavy atom. The molecule has 0 bridgehead atoms. The van der Waals surface area contributed by atoms with Gasteiger partial charge in [-0.3, -0.25) is 0 Å². The van der Waals surface area contributed by atoms with Gasteiger partial charge < -0.3 is 62.2 Å². The quantitative estimate of drug-likeness (QED) is 0.218. The van der Waals surface area contributed by atoms with E-state index in [0.29, 0.717) is 0 Å². The Bertz CT molecular complexity index is 344. The van der Waals surface area contributed by atoms with Crippen molar-refractivity contribution < 1.29 is 134 Å². The van der Waals surface area contributed by atoms with Gasteiger partial charge in [-0.1, -0.05) is 0 Å². The molecule has 12 nitrogen and oxygen atoms in total. The first kappa shape index (κ1) is 42.3. The van der Waals surface area contributed by atoms with Crippen molar-refractivity contribution in [2.75, 3.05) is 0 Å². The molecule has 0 spiro atoms. The average Bonchev–Trinajstić information content (AvgIpc) is 2.45. The van der Waals surface area contributed by atoms with E-state index < -0.39 is 54.3 Å². The van der Waals surface area contributed by atoms with Gasteiger partial charge in [0, 0.05) is 0 Å². The number of carboxylic acids is 3. The van der Waals surface area contributed by atoms with Gasteiger partial charge in [-0.05, 0) is 20.8 Å². The topological polar surface area (TPSA) is 259 Å². The van der Waals surface area contributed by atoms with Crippen LogP contribution in [0.5, 0.6) is 0 Å². The van der Waals surface area contributed by atoms with Crippen LogP contribution in [0.25, 0.3) is 0 Å². The predicted molar refractivity (Wildman–Crippen MR) is 74.0 cm³/mol. The normalized spacial score (nSPS) is 15.4. The zero-order valence-corrected chi connectivity index (χ0v) is 22.5. The molecule has 0 aliphatic carbocycles. The maximum atomic E-state index is 9.74. The van der Waals surface area contributed by atoms with Crippen LogP contribution < -0.4 is 121 Å². The van der Waals surface area contributed by atoms with Crippen LogP contribution in [-0.4, -0.2) is 69.7 Å². The van der Waals surface area contributed by atoms with Gasteiger partial charge in [-0.15, -0.1) is 0 Å². The monoisotopic (exact) mass is 423 g/mol. The van der Waals surface area contributed by atoms with Crippen molar-refractivity contribution >= 4 is 17.9 Å². The van der Waals surface area contributed by atoms with Crippen LogP contribution in [0.1, 0.15) is 20.8 Å². The van der Waals surface area contributed by atoms with E-state index in [1.807, 2.05) is 0 Å². The molecule has 6 atom stereocenters. The van der Waals surface area contributed by atoms with E-state index in [1.165, 1.54) is 20.8 Å². The van der Waals surface area contributed by atoms with Gasteiger partial charge in [-0.25, -0.2) is 0 Å². The molecule has 0 saturated carbocycles. The van der Waals surface area contributed by atoms with Crippen LogP contribution in [0.3, 0.4) is 0 Å².